The molecule has 0 amide bonds. The van der Waals surface area contributed by atoms with Crippen LogP contribution in [0.5, 0.6) is 23.0 Å². The van der Waals surface area contributed by atoms with Gasteiger partial charge in [-0.05, 0) is 137 Å². The predicted molar refractivity (Wildman–Crippen MR) is 217 cm³/mol. The molecule has 0 radical (unpaired) electrons. The van der Waals surface area contributed by atoms with Crippen molar-refractivity contribution in [2.45, 2.75) is 103 Å². The van der Waals surface area contributed by atoms with E-state index in [1.807, 2.05) is 18.2 Å². The normalized spacial score (nSPS) is 22.1. The minimum Gasteiger partial charge on any atom is -0.504 e. The Kier molecular flexibility index (Phi) is 13.7. The molecule has 4 aliphatic rings. The highest BCUT2D eigenvalue weighted by Gasteiger charge is 2.38. The number of phenols is 2. The largest absolute Gasteiger partial charge is 0.504 e. The van der Waals surface area contributed by atoms with Crippen LogP contribution in [-0.2, 0) is 38.9 Å². The van der Waals surface area contributed by atoms with Gasteiger partial charge in [0.05, 0.1) is 0 Å². The SMILES string of the molecule is CCCN1CCC[C@@H]2Cc3c(ccc(O)c3O)C[C@H]21.CCCN1CCC[C@@H]2Cc3c(ccc(OCc4ccccc4)c3OCc3ccccc3)C[C@H]21.Cl. The number of nitrogens with zero attached hydrogens (tertiary/aromatic N) is 2. The van der Waals surface area contributed by atoms with Crippen LogP contribution in [0.25, 0.3) is 0 Å². The van der Waals surface area contributed by atoms with E-state index >= 15 is 0 Å². The van der Waals surface area contributed by atoms with Gasteiger partial charge in [-0.1, -0.05) is 86.6 Å². The van der Waals surface area contributed by atoms with Crippen molar-refractivity contribution in [1.82, 2.24) is 9.80 Å². The van der Waals surface area contributed by atoms with Gasteiger partial charge in [0.15, 0.2) is 23.0 Å². The molecule has 2 heterocycles. The van der Waals surface area contributed by atoms with Gasteiger partial charge in [-0.15, -0.1) is 12.4 Å². The van der Waals surface area contributed by atoms with Crippen molar-refractivity contribution in [3.63, 3.8) is 0 Å². The molecule has 4 aromatic carbocycles. The molecule has 0 aromatic heterocycles. The fourth-order valence-electron chi connectivity index (χ4n) is 9.48. The zero-order valence-corrected chi connectivity index (χ0v) is 32.5. The highest BCUT2D eigenvalue weighted by Crippen LogP contribution is 2.44. The Morgan fingerprint density at radius 2 is 1.11 bits per heavy atom. The van der Waals surface area contributed by atoms with Gasteiger partial charge in [-0.25, -0.2) is 0 Å². The van der Waals surface area contributed by atoms with Gasteiger partial charge in [0, 0.05) is 23.2 Å². The molecule has 6 nitrogen and oxygen atoms in total. The number of aromatic hydroxyl groups is 2. The van der Waals surface area contributed by atoms with Gasteiger partial charge < -0.3 is 19.7 Å². The molecule has 2 N–H and O–H groups in total. The molecule has 4 aromatic rings. The number of piperidine rings is 2. The van der Waals surface area contributed by atoms with Crippen molar-refractivity contribution in [3.05, 3.63) is 118 Å². The standard InChI is InChI=1S/C30H35NO2.C16H23NO2.ClH/c1-2-17-31-18-9-14-26-19-27-25(20-28(26)31)15-16-29(32-21-23-10-5-3-6-11-23)30(27)33-22-24-12-7-4-8-13-24;1-2-7-17-8-3-4-12-9-13-11(10-14(12)17)5-6-15(18)16(13)19;/h3-8,10-13,15-16,26,28H,2,9,14,17-22H2,1H3;5-6,12,14,18-19H,2-4,7-10H2,1H3;1H/t26-,28-;12-,14-;/m11./s1. The van der Waals surface area contributed by atoms with E-state index in [4.69, 9.17) is 9.47 Å². The molecular weight excluding hydrogens is 680 g/mol. The molecule has 0 unspecified atom stereocenters. The van der Waals surface area contributed by atoms with E-state index in [0.717, 1.165) is 42.7 Å². The fourth-order valence-corrected chi connectivity index (χ4v) is 9.48. The smallest absolute Gasteiger partial charge is 0.165 e. The van der Waals surface area contributed by atoms with Crippen molar-refractivity contribution in [3.8, 4) is 23.0 Å². The summed E-state index contributed by atoms with van der Waals surface area (Å²) < 4.78 is 12.9. The number of hydrogen-bond acceptors (Lipinski definition) is 6. The molecule has 2 saturated heterocycles. The van der Waals surface area contributed by atoms with Crippen LogP contribution >= 0.6 is 12.4 Å². The number of phenolic OH excluding ortho intramolecular Hbond substituents is 2. The Labute approximate surface area is 323 Å². The maximum Gasteiger partial charge on any atom is 0.165 e. The Bertz CT molecular complexity index is 1750. The molecule has 284 valence electrons. The summed E-state index contributed by atoms with van der Waals surface area (Å²) in [6.07, 6.45) is 11.7. The first-order valence-electron chi connectivity index (χ1n) is 20.0. The third kappa shape index (κ3) is 9.16. The molecule has 8 rings (SSSR count). The summed E-state index contributed by atoms with van der Waals surface area (Å²) in [6.45, 7) is 10.5. The van der Waals surface area contributed by atoms with Crippen LogP contribution in [0.15, 0.2) is 84.9 Å². The topological polar surface area (TPSA) is 65.4 Å². The van der Waals surface area contributed by atoms with E-state index in [9.17, 15) is 10.2 Å². The van der Waals surface area contributed by atoms with Crippen LogP contribution in [0.4, 0.5) is 0 Å². The van der Waals surface area contributed by atoms with E-state index < -0.39 is 0 Å². The van der Waals surface area contributed by atoms with E-state index in [2.05, 4.69) is 84.3 Å². The van der Waals surface area contributed by atoms with Crippen molar-refractivity contribution in [2.24, 2.45) is 11.8 Å². The lowest BCUT2D eigenvalue weighted by Gasteiger charge is -2.45. The van der Waals surface area contributed by atoms with E-state index in [-0.39, 0.29) is 23.9 Å². The van der Waals surface area contributed by atoms with Gasteiger partial charge in [0.1, 0.15) is 13.2 Å². The maximum atomic E-state index is 10.0. The minimum atomic E-state index is 0. The zero-order chi connectivity index (χ0) is 35.9. The Morgan fingerprint density at radius 1 is 0.604 bits per heavy atom. The molecule has 4 atom stereocenters. The number of likely N-dealkylation sites (tertiary alicyclic amines) is 2. The van der Waals surface area contributed by atoms with Gasteiger partial charge in [0.2, 0.25) is 0 Å². The molecule has 0 spiro atoms. The number of halogens is 1. The highest BCUT2D eigenvalue weighted by molar-refractivity contribution is 5.85. The molecule has 2 aliphatic heterocycles. The van der Waals surface area contributed by atoms with Crippen LogP contribution < -0.4 is 9.47 Å². The van der Waals surface area contributed by atoms with E-state index in [1.54, 1.807) is 6.07 Å². The lowest BCUT2D eigenvalue weighted by Crippen LogP contribution is -2.49. The first kappa shape index (κ1) is 39.0. The number of hydrogen-bond donors (Lipinski definition) is 2. The molecule has 7 heteroatoms. The van der Waals surface area contributed by atoms with Crippen molar-refractivity contribution >= 4 is 12.4 Å². The summed E-state index contributed by atoms with van der Waals surface area (Å²) in [5.41, 5.74) is 7.38. The number of ether oxygens (including phenoxy) is 2. The van der Waals surface area contributed by atoms with Crippen molar-refractivity contribution in [2.75, 3.05) is 26.2 Å². The third-order valence-corrected chi connectivity index (χ3v) is 12.0. The average Bonchev–Trinajstić information content (AvgIpc) is 3.18. The lowest BCUT2D eigenvalue weighted by molar-refractivity contribution is 0.0844. The second-order valence-electron chi connectivity index (χ2n) is 15.5. The van der Waals surface area contributed by atoms with Crippen LogP contribution in [0.2, 0.25) is 0 Å². The summed E-state index contributed by atoms with van der Waals surface area (Å²) in [4.78, 5) is 5.36. The second kappa shape index (κ2) is 18.6. The summed E-state index contributed by atoms with van der Waals surface area (Å²) in [6, 6.07) is 30.2. The molecule has 53 heavy (non-hydrogen) atoms. The van der Waals surface area contributed by atoms with E-state index in [0.29, 0.717) is 37.1 Å². The average molecular weight is 739 g/mol. The zero-order valence-electron chi connectivity index (χ0n) is 31.7. The summed E-state index contributed by atoms with van der Waals surface area (Å²) >= 11 is 0. The maximum absolute atomic E-state index is 10.0. The van der Waals surface area contributed by atoms with Crippen LogP contribution in [0, 0.1) is 11.8 Å². The minimum absolute atomic E-state index is 0. The molecule has 2 aliphatic carbocycles. The van der Waals surface area contributed by atoms with Crippen LogP contribution in [-0.4, -0.2) is 58.3 Å². The Hall–Kier alpha value is -3.71. The number of fused-ring (bicyclic) bond motifs is 4. The van der Waals surface area contributed by atoms with Crippen molar-refractivity contribution in [1.29, 1.82) is 0 Å². The summed E-state index contributed by atoms with van der Waals surface area (Å²) in [5, 5.41) is 19.7. The van der Waals surface area contributed by atoms with Gasteiger partial charge >= 0.3 is 0 Å². The molecule has 0 saturated carbocycles. The Morgan fingerprint density at radius 3 is 1.68 bits per heavy atom. The highest BCUT2D eigenvalue weighted by atomic mass is 35.5. The van der Waals surface area contributed by atoms with E-state index in [1.165, 1.54) is 92.5 Å². The summed E-state index contributed by atoms with van der Waals surface area (Å²) in [7, 11) is 0. The lowest BCUT2D eigenvalue weighted by atomic mass is 9.75. The predicted octanol–water partition coefficient (Wildman–Crippen LogP) is 9.54. The van der Waals surface area contributed by atoms with Crippen LogP contribution in [0.3, 0.4) is 0 Å². The monoisotopic (exact) mass is 738 g/mol. The fraction of sp³-hybridized carbons (Fsp3) is 0.478. The van der Waals surface area contributed by atoms with Gasteiger partial charge in [-0.2, -0.15) is 0 Å². The van der Waals surface area contributed by atoms with Crippen molar-refractivity contribution < 1.29 is 19.7 Å². The van der Waals surface area contributed by atoms with Gasteiger partial charge in [-0.3, -0.25) is 9.80 Å². The first-order valence-corrected chi connectivity index (χ1v) is 20.0. The molecular formula is C46H59ClN2O4. The van der Waals surface area contributed by atoms with Gasteiger partial charge in [0.25, 0.3) is 0 Å². The number of benzene rings is 4. The molecule has 0 bridgehead atoms. The van der Waals surface area contributed by atoms with Crippen LogP contribution in [0.1, 0.15) is 85.8 Å². The second-order valence-corrected chi connectivity index (χ2v) is 15.5. The summed E-state index contributed by atoms with van der Waals surface area (Å²) in [5.74, 6) is 3.32. The third-order valence-electron chi connectivity index (χ3n) is 12.0. The quantitative estimate of drug-likeness (QED) is 0.158. The Balaban J connectivity index is 0.000000204. The first-order chi connectivity index (χ1) is 25.5. The number of rotatable bonds is 10. The molecule has 2 fully saturated rings.